The van der Waals surface area contributed by atoms with Crippen LogP contribution in [0.4, 0.5) is 0 Å². The summed E-state index contributed by atoms with van der Waals surface area (Å²) in [6.45, 7) is 9.03. The SMILES string of the molecule is CCO[SiH](OCC)c1ccccc1C(CC)OCC1CO1. The summed E-state index contributed by atoms with van der Waals surface area (Å²) in [7, 11) is -1.85. The highest BCUT2D eigenvalue weighted by Gasteiger charge is 2.27. The first-order valence-corrected chi connectivity index (χ1v) is 9.37. The Labute approximate surface area is 129 Å². The molecular weight excluding hydrogens is 284 g/mol. The lowest BCUT2D eigenvalue weighted by atomic mass is 10.1. The Balaban J connectivity index is 2.15. The van der Waals surface area contributed by atoms with Gasteiger partial charge in [-0.05, 0) is 31.0 Å². The standard InChI is InChI=1S/C16H26O4Si/c1-4-15(18-12-13-11-17-13)14-9-7-8-10-16(14)21(19-5-2)20-6-3/h7-10,13,15,21H,4-6,11-12H2,1-3H3. The highest BCUT2D eigenvalue weighted by molar-refractivity contribution is 6.61. The van der Waals surface area contributed by atoms with Gasteiger partial charge >= 0.3 is 9.28 Å². The van der Waals surface area contributed by atoms with Crippen molar-refractivity contribution in [3.8, 4) is 0 Å². The maximum Gasteiger partial charge on any atom is 0.356 e. The number of hydrogen-bond donors (Lipinski definition) is 0. The van der Waals surface area contributed by atoms with E-state index in [1.54, 1.807) is 0 Å². The summed E-state index contributed by atoms with van der Waals surface area (Å²) >= 11 is 0. The van der Waals surface area contributed by atoms with E-state index in [2.05, 4.69) is 25.1 Å². The number of benzene rings is 1. The fraction of sp³-hybridized carbons (Fsp3) is 0.625. The Hall–Kier alpha value is -0.723. The van der Waals surface area contributed by atoms with E-state index < -0.39 is 9.28 Å². The zero-order valence-corrected chi connectivity index (χ0v) is 14.4. The van der Waals surface area contributed by atoms with Crippen LogP contribution in [0.5, 0.6) is 0 Å². The minimum atomic E-state index is -1.85. The minimum absolute atomic E-state index is 0.0845. The molecule has 1 aliphatic heterocycles. The maximum atomic E-state index is 6.03. The quantitative estimate of drug-likeness (QED) is 0.490. The predicted molar refractivity (Wildman–Crippen MR) is 85.2 cm³/mol. The van der Waals surface area contributed by atoms with E-state index in [4.69, 9.17) is 18.3 Å². The van der Waals surface area contributed by atoms with Crippen molar-refractivity contribution in [3.63, 3.8) is 0 Å². The summed E-state index contributed by atoms with van der Waals surface area (Å²) in [6.07, 6.45) is 1.31. The van der Waals surface area contributed by atoms with Crippen molar-refractivity contribution in [1.82, 2.24) is 0 Å². The van der Waals surface area contributed by atoms with Gasteiger partial charge in [-0.3, -0.25) is 0 Å². The van der Waals surface area contributed by atoms with Gasteiger partial charge in [0.2, 0.25) is 0 Å². The highest BCUT2D eigenvalue weighted by atomic mass is 28.3. The van der Waals surface area contributed by atoms with Gasteiger partial charge in [-0.2, -0.15) is 0 Å². The van der Waals surface area contributed by atoms with Crippen LogP contribution in [0.1, 0.15) is 38.9 Å². The van der Waals surface area contributed by atoms with E-state index in [0.717, 1.165) is 13.0 Å². The predicted octanol–water partition coefficient (Wildman–Crippen LogP) is 2.05. The summed E-state index contributed by atoms with van der Waals surface area (Å²) in [4.78, 5) is 0. The van der Waals surface area contributed by atoms with Gasteiger partial charge in [0, 0.05) is 13.2 Å². The Kier molecular flexibility index (Phi) is 6.86. The van der Waals surface area contributed by atoms with Crippen molar-refractivity contribution >= 4 is 14.5 Å². The van der Waals surface area contributed by atoms with Crippen LogP contribution in [0, 0.1) is 0 Å². The molecule has 1 aliphatic rings. The average molecular weight is 310 g/mol. The van der Waals surface area contributed by atoms with Gasteiger partial charge in [-0.1, -0.05) is 31.2 Å². The first-order valence-electron chi connectivity index (χ1n) is 7.85. The normalized spacial score (nSPS) is 19.0. The molecule has 0 radical (unpaired) electrons. The molecule has 2 unspecified atom stereocenters. The largest absolute Gasteiger partial charge is 0.394 e. The van der Waals surface area contributed by atoms with Crippen molar-refractivity contribution in [2.45, 2.75) is 39.4 Å². The fourth-order valence-electron chi connectivity index (χ4n) is 2.36. The average Bonchev–Trinajstić information content (AvgIpc) is 3.32. The first-order chi connectivity index (χ1) is 10.3. The Morgan fingerprint density at radius 3 is 2.43 bits per heavy atom. The van der Waals surface area contributed by atoms with Crippen LogP contribution in [-0.4, -0.2) is 41.8 Å². The summed E-state index contributed by atoms with van der Waals surface area (Å²) in [5, 5.41) is 1.20. The third-order valence-electron chi connectivity index (χ3n) is 3.49. The molecular formula is C16H26O4Si. The molecule has 0 spiro atoms. The maximum absolute atomic E-state index is 6.03. The molecule has 1 heterocycles. The molecule has 0 bridgehead atoms. The third-order valence-corrected chi connectivity index (χ3v) is 5.80. The lowest BCUT2D eigenvalue weighted by molar-refractivity contribution is 0.0398. The number of ether oxygens (including phenoxy) is 2. The van der Waals surface area contributed by atoms with Gasteiger partial charge in [0.25, 0.3) is 0 Å². The van der Waals surface area contributed by atoms with Gasteiger partial charge in [0.15, 0.2) is 0 Å². The molecule has 21 heavy (non-hydrogen) atoms. The second kappa shape index (κ2) is 8.65. The lowest BCUT2D eigenvalue weighted by Gasteiger charge is -2.23. The van der Waals surface area contributed by atoms with E-state index in [0.29, 0.717) is 19.8 Å². The fourth-order valence-corrected chi connectivity index (χ4v) is 4.25. The first kappa shape index (κ1) is 16.6. The van der Waals surface area contributed by atoms with E-state index in [-0.39, 0.29) is 12.2 Å². The topological polar surface area (TPSA) is 40.2 Å². The van der Waals surface area contributed by atoms with E-state index >= 15 is 0 Å². The Bertz CT molecular complexity index is 416. The van der Waals surface area contributed by atoms with Gasteiger partial charge < -0.3 is 18.3 Å². The van der Waals surface area contributed by atoms with Crippen molar-refractivity contribution in [3.05, 3.63) is 29.8 Å². The molecule has 1 aromatic carbocycles. The van der Waals surface area contributed by atoms with Crippen molar-refractivity contribution < 1.29 is 18.3 Å². The van der Waals surface area contributed by atoms with Crippen LogP contribution in [0.25, 0.3) is 0 Å². The summed E-state index contributed by atoms with van der Waals surface area (Å²) in [6, 6.07) is 8.36. The molecule has 1 saturated heterocycles. The molecule has 1 aromatic rings. The zero-order chi connectivity index (χ0) is 15.1. The Morgan fingerprint density at radius 2 is 1.86 bits per heavy atom. The van der Waals surface area contributed by atoms with Crippen LogP contribution in [-0.2, 0) is 18.3 Å². The molecule has 5 heteroatoms. The molecule has 1 fully saturated rings. The number of rotatable bonds is 10. The third kappa shape index (κ3) is 4.90. The summed E-state index contributed by atoms with van der Waals surface area (Å²) < 4.78 is 23.0. The van der Waals surface area contributed by atoms with Crippen molar-refractivity contribution in [2.24, 2.45) is 0 Å². The van der Waals surface area contributed by atoms with Crippen molar-refractivity contribution in [1.29, 1.82) is 0 Å². The van der Waals surface area contributed by atoms with E-state index in [1.165, 1.54) is 10.8 Å². The lowest BCUT2D eigenvalue weighted by Crippen LogP contribution is -2.40. The van der Waals surface area contributed by atoms with Gasteiger partial charge in [-0.15, -0.1) is 0 Å². The molecule has 0 amide bonds. The highest BCUT2D eigenvalue weighted by Crippen LogP contribution is 2.22. The van der Waals surface area contributed by atoms with E-state index in [1.807, 2.05) is 19.9 Å². The smallest absolute Gasteiger partial charge is 0.356 e. The molecule has 0 N–H and O–H groups in total. The van der Waals surface area contributed by atoms with Gasteiger partial charge in [0.05, 0.1) is 19.3 Å². The molecule has 2 atom stereocenters. The second-order valence-corrected chi connectivity index (χ2v) is 7.01. The number of epoxide rings is 1. The second-order valence-electron chi connectivity index (χ2n) is 5.06. The molecule has 0 saturated carbocycles. The monoisotopic (exact) mass is 310 g/mol. The Morgan fingerprint density at radius 1 is 1.19 bits per heavy atom. The van der Waals surface area contributed by atoms with Crippen LogP contribution >= 0.6 is 0 Å². The molecule has 0 aromatic heterocycles. The summed E-state index contributed by atoms with van der Waals surface area (Å²) in [5.41, 5.74) is 1.21. The van der Waals surface area contributed by atoms with Crippen LogP contribution in [0.2, 0.25) is 0 Å². The van der Waals surface area contributed by atoms with Gasteiger partial charge in [-0.25, -0.2) is 0 Å². The number of hydrogen-bond acceptors (Lipinski definition) is 4. The summed E-state index contributed by atoms with van der Waals surface area (Å²) in [5.74, 6) is 0. The minimum Gasteiger partial charge on any atom is -0.394 e. The molecule has 118 valence electrons. The van der Waals surface area contributed by atoms with Crippen molar-refractivity contribution in [2.75, 3.05) is 26.4 Å². The molecule has 2 rings (SSSR count). The zero-order valence-electron chi connectivity index (χ0n) is 13.2. The van der Waals surface area contributed by atoms with Gasteiger partial charge in [0.1, 0.15) is 6.10 Å². The van der Waals surface area contributed by atoms with Crippen LogP contribution < -0.4 is 5.19 Å². The van der Waals surface area contributed by atoms with Crippen LogP contribution in [0.15, 0.2) is 24.3 Å². The van der Waals surface area contributed by atoms with E-state index in [9.17, 15) is 0 Å². The van der Waals surface area contributed by atoms with Crippen LogP contribution in [0.3, 0.4) is 0 Å². The molecule has 4 nitrogen and oxygen atoms in total. The molecule has 0 aliphatic carbocycles.